The molecule has 1 amide bonds. The molecule has 0 radical (unpaired) electrons. The van der Waals surface area contributed by atoms with Gasteiger partial charge in [-0.2, -0.15) is 5.10 Å². The van der Waals surface area contributed by atoms with Crippen molar-refractivity contribution in [1.82, 2.24) is 5.01 Å². The molecule has 1 rings (SSSR count). The fourth-order valence-corrected chi connectivity index (χ4v) is 1.50. The van der Waals surface area contributed by atoms with Crippen molar-refractivity contribution < 1.29 is 4.79 Å². The number of nitrogens with zero attached hydrogens (tertiary/aromatic N) is 2. The lowest BCUT2D eigenvalue weighted by molar-refractivity contribution is -0.128. The molecular formula is C10H18N2O. The van der Waals surface area contributed by atoms with Crippen LogP contribution in [0.5, 0.6) is 0 Å². The highest BCUT2D eigenvalue weighted by Gasteiger charge is 2.22. The Kier molecular flexibility index (Phi) is 3.46. The molecule has 0 aromatic rings. The minimum Gasteiger partial charge on any atom is -0.273 e. The number of hydrazone groups is 1. The molecule has 0 bridgehead atoms. The highest BCUT2D eigenvalue weighted by Crippen LogP contribution is 2.14. The summed E-state index contributed by atoms with van der Waals surface area (Å²) >= 11 is 0. The van der Waals surface area contributed by atoms with E-state index in [2.05, 4.69) is 25.9 Å². The number of amides is 1. The van der Waals surface area contributed by atoms with Crippen molar-refractivity contribution in [2.45, 2.75) is 40.0 Å². The summed E-state index contributed by atoms with van der Waals surface area (Å²) in [7, 11) is 0. The first-order valence-corrected chi connectivity index (χ1v) is 5.00. The molecule has 3 nitrogen and oxygen atoms in total. The molecule has 0 spiro atoms. The van der Waals surface area contributed by atoms with Gasteiger partial charge < -0.3 is 0 Å². The minimum atomic E-state index is 0.164. The molecule has 1 aliphatic heterocycles. The molecule has 1 heterocycles. The second kappa shape index (κ2) is 4.40. The largest absolute Gasteiger partial charge is 0.273 e. The highest BCUT2D eigenvalue weighted by molar-refractivity contribution is 6.04. The molecule has 0 fully saturated rings. The van der Waals surface area contributed by atoms with Crippen LogP contribution in [-0.2, 0) is 4.79 Å². The van der Waals surface area contributed by atoms with E-state index in [0.717, 1.165) is 25.1 Å². The Morgan fingerprint density at radius 2 is 2.23 bits per heavy atom. The molecular weight excluding hydrogens is 164 g/mol. The lowest BCUT2D eigenvalue weighted by Crippen LogP contribution is -2.21. The van der Waals surface area contributed by atoms with E-state index in [1.165, 1.54) is 0 Å². The Hall–Kier alpha value is -0.860. The Bertz CT molecular complexity index is 221. The van der Waals surface area contributed by atoms with Gasteiger partial charge in [0.2, 0.25) is 5.91 Å². The summed E-state index contributed by atoms with van der Waals surface area (Å²) in [6, 6.07) is 0. The summed E-state index contributed by atoms with van der Waals surface area (Å²) in [4.78, 5) is 11.4. The summed E-state index contributed by atoms with van der Waals surface area (Å²) < 4.78 is 0. The van der Waals surface area contributed by atoms with E-state index in [1.54, 1.807) is 5.01 Å². The second-order valence-electron chi connectivity index (χ2n) is 3.96. The summed E-state index contributed by atoms with van der Waals surface area (Å²) in [6.07, 6.45) is 2.47. The van der Waals surface area contributed by atoms with Crippen LogP contribution in [-0.4, -0.2) is 23.2 Å². The van der Waals surface area contributed by atoms with Gasteiger partial charge in [-0.05, 0) is 18.8 Å². The molecule has 0 aliphatic carbocycles. The van der Waals surface area contributed by atoms with Crippen LogP contribution < -0.4 is 0 Å². The van der Waals surface area contributed by atoms with Crippen LogP contribution in [0.2, 0.25) is 0 Å². The Morgan fingerprint density at radius 1 is 1.54 bits per heavy atom. The van der Waals surface area contributed by atoms with E-state index < -0.39 is 0 Å². The summed E-state index contributed by atoms with van der Waals surface area (Å²) in [6.45, 7) is 7.12. The SMILES string of the molecule is CCCN1N=C(CC(C)C)CC1=O. The number of carbonyl (C=O) groups excluding carboxylic acids is 1. The van der Waals surface area contributed by atoms with Crippen molar-refractivity contribution in [2.24, 2.45) is 11.0 Å². The van der Waals surface area contributed by atoms with Crippen molar-refractivity contribution >= 4 is 11.6 Å². The van der Waals surface area contributed by atoms with Crippen molar-refractivity contribution in [1.29, 1.82) is 0 Å². The van der Waals surface area contributed by atoms with Gasteiger partial charge in [0, 0.05) is 12.3 Å². The zero-order chi connectivity index (χ0) is 9.84. The van der Waals surface area contributed by atoms with Crippen molar-refractivity contribution in [3.8, 4) is 0 Å². The highest BCUT2D eigenvalue weighted by atomic mass is 16.2. The summed E-state index contributed by atoms with van der Waals surface area (Å²) in [5.41, 5.74) is 1.05. The molecule has 74 valence electrons. The Labute approximate surface area is 79.8 Å². The predicted molar refractivity (Wildman–Crippen MR) is 53.5 cm³/mol. The molecule has 0 saturated heterocycles. The average molecular weight is 182 g/mol. The molecule has 0 atom stereocenters. The molecule has 0 N–H and O–H groups in total. The third-order valence-corrected chi connectivity index (χ3v) is 1.98. The minimum absolute atomic E-state index is 0.164. The van der Waals surface area contributed by atoms with Gasteiger partial charge in [-0.1, -0.05) is 20.8 Å². The van der Waals surface area contributed by atoms with E-state index in [9.17, 15) is 4.79 Å². The first-order valence-electron chi connectivity index (χ1n) is 5.00. The molecule has 0 aromatic heterocycles. The number of hydrogen-bond acceptors (Lipinski definition) is 2. The van der Waals surface area contributed by atoms with Crippen LogP contribution in [0.25, 0.3) is 0 Å². The van der Waals surface area contributed by atoms with Crippen LogP contribution in [0.3, 0.4) is 0 Å². The van der Waals surface area contributed by atoms with Crippen LogP contribution in [0.1, 0.15) is 40.0 Å². The monoisotopic (exact) mass is 182 g/mol. The maximum absolute atomic E-state index is 11.4. The lowest BCUT2D eigenvalue weighted by atomic mass is 10.1. The zero-order valence-electron chi connectivity index (χ0n) is 8.71. The fourth-order valence-electron chi connectivity index (χ4n) is 1.50. The molecule has 13 heavy (non-hydrogen) atoms. The standard InChI is InChI=1S/C10H18N2O/c1-4-5-12-10(13)7-9(11-12)6-8(2)3/h8H,4-7H2,1-3H3. The van der Waals surface area contributed by atoms with Crippen molar-refractivity contribution in [3.05, 3.63) is 0 Å². The lowest BCUT2D eigenvalue weighted by Gasteiger charge is -2.08. The van der Waals surface area contributed by atoms with Crippen LogP contribution in [0.4, 0.5) is 0 Å². The van der Waals surface area contributed by atoms with Crippen molar-refractivity contribution in [2.75, 3.05) is 6.54 Å². The van der Waals surface area contributed by atoms with Crippen LogP contribution in [0, 0.1) is 5.92 Å². The van der Waals surface area contributed by atoms with Gasteiger partial charge >= 0.3 is 0 Å². The quantitative estimate of drug-likeness (QED) is 0.654. The summed E-state index contributed by atoms with van der Waals surface area (Å²) in [5.74, 6) is 0.755. The van der Waals surface area contributed by atoms with E-state index in [1.807, 2.05) is 0 Å². The smallest absolute Gasteiger partial charge is 0.248 e. The molecule has 0 saturated carbocycles. The molecule has 1 aliphatic rings. The van der Waals surface area contributed by atoms with E-state index in [4.69, 9.17) is 0 Å². The first kappa shape index (κ1) is 10.2. The zero-order valence-corrected chi connectivity index (χ0v) is 8.71. The van der Waals surface area contributed by atoms with E-state index in [-0.39, 0.29) is 5.91 Å². The normalized spacial score (nSPS) is 17.1. The van der Waals surface area contributed by atoms with Gasteiger partial charge in [-0.25, -0.2) is 5.01 Å². The van der Waals surface area contributed by atoms with E-state index in [0.29, 0.717) is 12.3 Å². The Balaban J connectivity index is 2.50. The van der Waals surface area contributed by atoms with Crippen molar-refractivity contribution in [3.63, 3.8) is 0 Å². The molecule has 0 aromatic carbocycles. The number of rotatable bonds is 4. The first-order chi connectivity index (χ1) is 6.13. The van der Waals surface area contributed by atoms with Gasteiger partial charge in [0.05, 0.1) is 6.42 Å². The van der Waals surface area contributed by atoms with Gasteiger partial charge in [0.25, 0.3) is 0 Å². The van der Waals surface area contributed by atoms with Gasteiger partial charge in [0.1, 0.15) is 0 Å². The maximum atomic E-state index is 11.4. The second-order valence-corrected chi connectivity index (χ2v) is 3.96. The molecule has 3 heteroatoms. The van der Waals surface area contributed by atoms with Gasteiger partial charge in [-0.15, -0.1) is 0 Å². The van der Waals surface area contributed by atoms with E-state index >= 15 is 0 Å². The fraction of sp³-hybridized carbons (Fsp3) is 0.800. The Morgan fingerprint density at radius 3 is 2.77 bits per heavy atom. The topological polar surface area (TPSA) is 32.7 Å². The average Bonchev–Trinajstić information content (AvgIpc) is 2.31. The molecule has 0 unspecified atom stereocenters. The number of hydrogen-bond donors (Lipinski definition) is 0. The third kappa shape index (κ3) is 2.83. The maximum Gasteiger partial charge on any atom is 0.248 e. The van der Waals surface area contributed by atoms with Gasteiger partial charge in [-0.3, -0.25) is 4.79 Å². The third-order valence-electron chi connectivity index (χ3n) is 1.98. The van der Waals surface area contributed by atoms with Crippen LogP contribution >= 0.6 is 0 Å². The predicted octanol–water partition coefficient (Wildman–Crippen LogP) is 2.03. The van der Waals surface area contributed by atoms with Gasteiger partial charge in [0.15, 0.2) is 0 Å². The van der Waals surface area contributed by atoms with Crippen LogP contribution in [0.15, 0.2) is 5.10 Å². The summed E-state index contributed by atoms with van der Waals surface area (Å²) in [5, 5.41) is 5.91. The number of carbonyl (C=O) groups is 1.